The number of benzene rings is 1. The van der Waals surface area contributed by atoms with Crippen molar-refractivity contribution in [1.82, 2.24) is 15.3 Å². The van der Waals surface area contributed by atoms with E-state index in [2.05, 4.69) is 20.6 Å². The molecule has 2 aromatic rings. The number of nitrogens with one attached hydrogen (secondary N) is 2. The van der Waals surface area contributed by atoms with Crippen LogP contribution in [0.1, 0.15) is 25.6 Å². The molecule has 1 atom stereocenters. The highest BCUT2D eigenvalue weighted by Crippen LogP contribution is 2.21. The summed E-state index contributed by atoms with van der Waals surface area (Å²) in [6.45, 7) is 3.61. The zero-order valence-electron chi connectivity index (χ0n) is 15.3. The molecule has 6 nitrogen and oxygen atoms in total. The summed E-state index contributed by atoms with van der Waals surface area (Å²) in [5.74, 6) is 1.15. The second-order valence-corrected chi connectivity index (χ2v) is 6.80. The summed E-state index contributed by atoms with van der Waals surface area (Å²) in [4.78, 5) is 32.8. The number of carbonyl (C=O) groups is 2. The summed E-state index contributed by atoms with van der Waals surface area (Å²) < 4.78 is 0. The maximum absolute atomic E-state index is 12.6. The van der Waals surface area contributed by atoms with Crippen LogP contribution < -0.4 is 10.6 Å². The molecule has 0 aliphatic rings. The van der Waals surface area contributed by atoms with Gasteiger partial charge >= 0.3 is 0 Å². The molecule has 0 radical (unpaired) electrons. The van der Waals surface area contributed by atoms with E-state index < -0.39 is 6.04 Å². The molecule has 1 heterocycles. The number of hydrogen-bond acceptors (Lipinski definition) is 5. The van der Waals surface area contributed by atoms with Crippen molar-refractivity contribution in [3.63, 3.8) is 0 Å². The van der Waals surface area contributed by atoms with E-state index in [-0.39, 0.29) is 11.8 Å². The SMILES string of the molecule is CCC(=O)NC(CCSC)C(=O)Nc1cccc(-c2ccnc(C)n2)c1. The summed E-state index contributed by atoms with van der Waals surface area (Å²) in [6.07, 6.45) is 4.63. The van der Waals surface area contributed by atoms with Crippen molar-refractivity contribution in [2.75, 3.05) is 17.3 Å². The Hall–Kier alpha value is -2.41. The molecule has 7 heteroatoms. The Morgan fingerprint density at radius 2 is 2.08 bits per heavy atom. The molecule has 2 rings (SSSR count). The van der Waals surface area contributed by atoms with Crippen LogP contribution in [-0.4, -0.2) is 39.8 Å². The summed E-state index contributed by atoms with van der Waals surface area (Å²) in [6, 6.07) is 8.78. The number of hydrogen-bond donors (Lipinski definition) is 2. The highest BCUT2D eigenvalue weighted by Gasteiger charge is 2.20. The largest absolute Gasteiger partial charge is 0.344 e. The van der Waals surface area contributed by atoms with Gasteiger partial charge in [0.2, 0.25) is 11.8 Å². The topological polar surface area (TPSA) is 84.0 Å². The van der Waals surface area contributed by atoms with Crippen LogP contribution in [0.3, 0.4) is 0 Å². The zero-order valence-corrected chi connectivity index (χ0v) is 16.1. The molecule has 0 saturated carbocycles. The lowest BCUT2D eigenvalue weighted by atomic mass is 10.1. The predicted molar refractivity (Wildman–Crippen MR) is 106 cm³/mol. The van der Waals surface area contributed by atoms with Gasteiger partial charge in [-0.25, -0.2) is 9.97 Å². The van der Waals surface area contributed by atoms with E-state index in [1.807, 2.05) is 43.5 Å². The first kappa shape index (κ1) is 19.9. The van der Waals surface area contributed by atoms with Crippen LogP contribution in [-0.2, 0) is 9.59 Å². The normalized spacial score (nSPS) is 11.7. The molecule has 1 unspecified atom stereocenters. The third kappa shape index (κ3) is 5.84. The molecular formula is C19H24N4O2S. The van der Waals surface area contributed by atoms with E-state index in [1.165, 1.54) is 0 Å². The van der Waals surface area contributed by atoms with Crippen molar-refractivity contribution < 1.29 is 9.59 Å². The van der Waals surface area contributed by atoms with Gasteiger partial charge in [0, 0.05) is 23.9 Å². The molecule has 2 N–H and O–H groups in total. The van der Waals surface area contributed by atoms with Crippen LogP contribution in [0.4, 0.5) is 5.69 Å². The van der Waals surface area contributed by atoms with Crippen LogP contribution in [0, 0.1) is 6.92 Å². The number of carbonyl (C=O) groups excluding carboxylic acids is 2. The Balaban J connectivity index is 2.13. The molecule has 0 fully saturated rings. The van der Waals surface area contributed by atoms with Gasteiger partial charge in [-0.3, -0.25) is 9.59 Å². The first-order valence-electron chi connectivity index (χ1n) is 8.52. The molecule has 0 spiro atoms. The Morgan fingerprint density at radius 3 is 2.77 bits per heavy atom. The Morgan fingerprint density at radius 1 is 1.27 bits per heavy atom. The quantitative estimate of drug-likeness (QED) is 0.744. The molecule has 0 aliphatic heterocycles. The first-order valence-corrected chi connectivity index (χ1v) is 9.92. The van der Waals surface area contributed by atoms with Crippen LogP contribution in [0.15, 0.2) is 36.5 Å². The molecule has 26 heavy (non-hydrogen) atoms. The van der Waals surface area contributed by atoms with Gasteiger partial charge in [-0.05, 0) is 43.6 Å². The highest BCUT2D eigenvalue weighted by atomic mass is 32.2. The van der Waals surface area contributed by atoms with Gasteiger partial charge in [-0.2, -0.15) is 11.8 Å². The Kier molecular flexibility index (Phi) is 7.59. The van der Waals surface area contributed by atoms with Gasteiger partial charge in [-0.1, -0.05) is 19.1 Å². The second-order valence-electron chi connectivity index (χ2n) is 5.81. The number of anilines is 1. The zero-order chi connectivity index (χ0) is 18.9. The minimum Gasteiger partial charge on any atom is -0.344 e. The van der Waals surface area contributed by atoms with Crippen molar-refractivity contribution in [3.05, 3.63) is 42.4 Å². The van der Waals surface area contributed by atoms with Gasteiger partial charge in [0.05, 0.1) is 5.69 Å². The maximum Gasteiger partial charge on any atom is 0.246 e. The summed E-state index contributed by atoms with van der Waals surface area (Å²) >= 11 is 1.64. The average molecular weight is 372 g/mol. The molecule has 1 aromatic carbocycles. The maximum atomic E-state index is 12.6. The number of rotatable bonds is 8. The van der Waals surface area contributed by atoms with E-state index in [0.717, 1.165) is 17.0 Å². The molecule has 138 valence electrons. The van der Waals surface area contributed by atoms with Gasteiger partial charge in [0.1, 0.15) is 11.9 Å². The highest BCUT2D eigenvalue weighted by molar-refractivity contribution is 7.98. The predicted octanol–water partition coefficient (Wildman–Crippen LogP) is 3.04. The Bertz CT molecular complexity index is 767. The fourth-order valence-electron chi connectivity index (χ4n) is 2.40. The molecule has 0 aliphatic carbocycles. The van der Waals surface area contributed by atoms with Gasteiger partial charge in [-0.15, -0.1) is 0 Å². The lowest BCUT2D eigenvalue weighted by Crippen LogP contribution is -2.44. The van der Waals surface area contributed by atoms with E-state index in [9.17, 15) is 9.59 Å². The fraction of sp³-hybridized carbons (Fsp3) is 0.368. The lowest BCUT2D eigenvalue weighted by molar-refractivity contribution is -0.126. The lowest BCUT2D eigenvalue weighted by Gasteiger charge is -2.18. The fourth-order valence-corrected chi connectivity index (χ4v) is 2.87. The van der Waals surface area contributed by atoms with Crippen molar-refractivity contribution >= 4 is 29.3 Å². The number of nitrogens with zero attached hydrogens (tertiary/aromatic N) is 2. The van der Waals surface area contributed by atoms with E-state index >= 15 is 0 Å². The van der Waals surface area contributed by atoms with Crippen molar-refractivity contribution in [1.29, 1.82) is 0 Å². The van der Waals surface area contributed by atoms with Crippen LogP contribution in [0.25, 0.3) is 11.3 Å². The third-order valence-electron chi connectivity index (χ3n) is 3.79. The van der Waals surface area contributed by atoms with Gasteiger partial charge in [0.15, 0.2) is 0 Å². The van der Waals surface area contributed by atoms with Crippen molar-refractivity contribution in [3.8, 4) is 11.3 Å². The van der Waals surface area contributed by atoms with E-state index in [1.54, 1.807) is 24.9 Å². The standard InChI is InChI=1S/C19H24N4O2S/c1-4-18(24)23-17(9-11-26-3)19(25)22-15-7-5-6-14(12-15)16-8-10-20-13(2)21-16/h5-8,10,12,17H,4,9,11H2,1-3H3,(H,22,25)(H,23,24). The summed E-state index contributed by atoms with van der Waals surface area (Å²) in [5, 5.41) is 5.69. The second kappa shape index (κ2) is 9.91. The van der Waals surface area contributed by atoms with E-state index in [4.69, 9.17) is 0 Å². The van der Waals surface area contributed by atoms with Crippen molar-refractivity contribution in [2.45, 2.75) is 32.7 Å². The van der Waals surface area contributed by atoms with Crippen LogP contribution in [0.5, 0.6) is 0 Å². The molecule has 2 amide bonds. The number of aryl methyl sites for hydroxylation is 1. The first-order chi connectivity index (χ1) is 12.5. The number of amides is 2. The smallest absolute Gasteiger partial charge is 0.246 e. The average Bonchev–Trinajstić information content (AvgIpc) is 2.65. The summed E-state index contributed by atoms with van der Waals surface area (Å²) in [5.41, 5.74) is 2.36. The van der Waals surface area contributed by atoms with Crippen LogP contribution >= 0.6 is 11.8 Å². The minimum absolute atomic E-state index is 0.128. The number of aromatic nitrogens is 2. The molecule has 1 aromatic heterocycles. The monoisotopic (exact) mass is 372 g/mol. The van der Waals surface area contributed by atoms with Gasteiger partial charge in [0.25, 0.3) is 0 Å². The molecule has 0 bridgehead atoms. The van der Waals surface area contributed by atoms with E-state index in [0.29, 0.717) is 24.4 Å². The Labute approximate surface area is 158 Å². The molecule has 0 saturated heterocycles. The third-order valence-corrected chi connectivity index (χ3v) is 4.43. The minimum atomic E-state index is -0.542. The number of thioether (sulfide) groups is 1. The van der Waals surface area contributed by atoms with Gasteiger partial charge < -0.3 is 10.6 Å². The summed E-state index contributed by atoms with van der Waals surface area (Å²) in [7, 11) is 0. The molecular weight excluding hydrogens is 348 g/mol. The van der Waals surface area contributed by atoms with Crippen LogP contribution in [0.2, 0.25) is 0 Å². The van der Waals surface area contributed by atoms with Crippen molar-refractivity contribution in [2.24, 2.45) is 0 Å².